The molecular formula is C18H30N2S. The van der Waals surface area contributed by atoms with Crippen LogP contribution >= 0.6 is 11.8 Å². The van der Waals surface area contributed by atoms with Gasteiger partial charge in [-0.3, -0.25) is 4.90 Å². The Labute approximate surface area is 134 Å². The van der Waals surface area contributed by atoms with Crippen molar-refractivity contribution in [3.05, 3.63) is 35.9 Å². The van der Waals surface area contributed by atoms with Crippen LogP contribution in [0.15, 0.2) is 30.3 Å². The standard InChI is InChI=1S/C18H30N2S/c1-5-17(3)14-19-18(4,16-10-8-7-9-11-16)15-20(17)12-13-21-6-2/h7-11,19H,5-6,12-15H2,1-4H3. The van der Waals surface area contributed by atoms with Crippen molar-refractivity contribution in [1.29, 1.82) is 0 Å². The molecule has 1 aliphatic rings. The molecule has 21 heavy (non-hydrogen) atoms. The Morgan fingerprint density at radius 3 is 2.52 bits per heavy atom. The number of hydrogen-bond donors (Lipinski definition) is 1. The average molecular weight is 307 g/mol. The summed E-state index contributed by atoms with van der Waals surface area (Å²) >= 11 is 2.05. The van der Waals surface area contributed by atoms with Crippen LogP contribution in [0, 0.1) is 0 Å². The first kappa shape index (κ1) is 16.9. The second-order valence-corrected chi connectivity index (χ2v) is 7.91. The van der Waals surface area contributed by atoms with Crippen LogP contribution in [0.1, 0.15) is 39.7 Å². The van der Waals surface area contributed by atoms with Crippen LogP contribution in [0.3, 0.4) is 0 Å². The van der Waals surface area contributed by atoms with Crippen molar-refractivity contribution in [2.45, 2.75) is 45.2 Å². The molecule has 0 spiro atoms. The van der Waals surface area contributed by atoms with Crippen LogP contribution in [-0.4, -0.2) is 41.6 Å². The van der Waals surface area contributed by atoms with E-state index in [9.17, 15) is 0 Å². The van der Waals surface area contributed by atoms with Gasteiger partial charge in [-0.25, -0.2) is 0 Å². The maximum atomic E-state index is 3.83. The lowest BCUT2D eigenvalue weighted by atomic mass is 9.83. The normalized spacial score (nSPS) is 30.5. The topological polar surface area (TPSA) is 15.3 Å². The van der Waals surface area contributed by atoms with Crippen molar-refractivity contribution in [1.82, 2.24) is 10.2 Å². The van der Waals surface area contributed by atoms with E-state index in [2.05, 4.69) is 68.2 Å². The molecule has 1 saturated heterocycles. The Balaban J connectivity index is 2.14. The van der Waals surface area contributed by atoms with Crippen LogP contribution in [0.2, 0.25) is 0 Å². The van der Waals surface area contributed by atoms with Crippen molar-refractivity contribution in [2.75, 3.05) is 31.1 Å². The third-order valence-electron chi connectivity index (χ3n) is 5.01. The lowest BCUT2D eigenvalue weighted by molar-refractivity contribution is 0.0223. The highest BCUT2D eigenvalue weighted by Gasteiger charge is 2.42. The van der Waals surface area contributed by atoms with Crippen molar-refractivity contribution < 1.29 is 0 Å². The molecule has 0 amide bonds. The molecule has 3 heteroatoms. The lowest BCUT2D eigenvalue weighted by Gasteiger charge is -2.52. The van der Waals surface area contributed by atoms with E-state index in [-0.39, 0.29) is 11.1 Å². The fourth-order valence-corrected chi connectivity index (χ4v) is 3.78. The van der Waals surface area contributed by atoms with Crippen molar-refractivity contribution in [3.63, 3.8) is 0 Å². The fourth-order valence-electron chi connectivity index (χ4n) is 3.14. The number of piperazine rings is 1. The molecule has 118 valence electrons. The molecule has 2 unspecified atom stereocenters. The van der Waals surface area contributed by atoms with E-state index in [0.29, 0.717) is 0 Å². The highest BCUT2D eigenvalue weighted by atomic mass is 32.2. The molecule has 1 aromatic rings. The smallest absolute Gasteiger partial charge is 0.0535 e. The van der Waals surface area contributed by atoms with Crippen LogP contribution in [0.25, 0.3) is 0 Å². The number of thioether (sulfide) groups is 1. The molecule has 2 atom stereocenters. The van der Waals surface area contributed by atoms with Gasteiger partial charge in [0.15, 0.2) is 0 Å². The number of hydrogen-bond acceptors (Lipinski definition) is 3. The summed E-state index contributed by atoms with van der Waals surface area (Å²) in [6, 6.07) is 10.9. The molecule has 1 aromatic carbocycles. The molecule has 1 N–H and O–H groups in total. The van der Waals surface area contributed by atoms with Crippen LogP contribution in [0.5, 0.6) is 0 Å². The summed E-state index contributed by atoms with van der Waals surface area (Å²) in [4.78, 5) is 2.71. The molecular weight excluding hydrogens is 276 g/mol. The summed E-state index contributed by atoms with van der Waals surface area (Å²) in [5, 5.41) is 3.83. The van der Waals surface area contributed by atoms with Gasteiger partial charge in [0.1, 0.15) is 0 Å². The van der Waals surface area contributed by atoms with Gasteiger partial charge in [0.25, 0.3) is 0 Å². The molecule has 0 aliphatic carbocycles. The first-order valence-electron chi connectivity index (χ1n) is 8.17. The van der Waals surface area contributed by atoms with Crippen LogP contribution in [-0.2, 0) is 5.54 Å². The summed E-state index contributed by atoms with van der Waals surface area (Å²) < 4.78 is 0. The minimum absolute atomic E-state index is 0.0623. The van der Waals surface area contributed by atoms with Crippen molar-refractivity contribution in [3.8, 4) is 0 Å². The monoisotopic (exact) mass is 306 g/mol. The first-order valence-corrected chi connectivity index (χ1v) is 9.33. The van der Waals surface area contributed by atoms with Gasteiger partial charge in [0, 0.05) is 30.9 Å². The Kier molecular flexibility index (Phi) is 5.75. The van der Waals surface area contributed by atoms with E-state index in [1.54, 1.807) is 0 Å². The fraction of sp³-hybridized carbons (Fsp3) is 0.667. The number of nitrogens with one attached hydrogen (secondary N) is 1. The van der Waals surface area contributed by atoms with Crippen LogP contribution < -0.4 is 5.32 Å². The quantitative estimate of drug-likeness (QED) is 0.806. The molecule has 0 bridgehead atoms. The van der Waals surface area contributed by atoms with Gasteiger partial charge >= 0.3 is 0 Å². The number of rotatable bonds is 6. The molecule has 2 nitrogen and oxygen atoms in total. The zero-order chi connectivity index (χ0) is 15.3. The van der Waals surface area contributed by atoms with Gasteiger partial charge in [0.05, 0.1) is 5.54 Å². The minimum atomic E-state index is 0.0623. The van der Waals surface area contributed by atoms with E-state index in [0.717, 1.165) is 13.1 Å². The highest BCUT2D eigenvalue weighted by Crippen LogP contribution is 2.32. The zero-order valence-electron chi connectivity index (χ0n) is 14.0. The second kappa shape index (κ2) is 7.17. The van der Waals surface area contributed by atoms with Gasteiger partial charge in [-0.1, -0.05) is 44.2 Å². The predicted octanol–water partition coefficient (Wildman–Crippen LogP) is 3.73. The van der Waals surface area contributed by atoms with E-state index in [4.69, 9.17) is 0 Å². The Bertz CT molecular complexity index is 436. The van der Waals surface area contributed by atoms with Crippen molar-refractivity contribution in [2.24, 2.45) is 0 Å². The van der Waals surface area contributed by atoms with Crippen LogP contribution in [0.4, 0.5) is 0 Å². The molecule has 1 heterocycles. The lowest BCUT2D eigenvalue weighted by Crippen LogP contribution is -2.66. The maximum absolute atomic E-state index is 3.83. The Morgan fingerprint density at radius 1 is 1.19 bits per heavy atom. The molecule has 0 radical (unpaired) electrons. The number of benzene rings is 1. The molecule has 2 rings (SSSR count). The summed E-state index contributed by atoms with van der Waals surface area (Å²) in [7, 11) is 0. The van der Waals surface area contributed by atoms with E-state index in [1.807, 2.05) is 11.8 Å². The highest BCUT2D eigenvalue weighted by molar-refractivity contribution is 7.99. The third kappa shape index (κ3) is 3.82. The van der Waals surface area contributed by atoms with E-state index >= 15 is 0 Å². The van der Waals surface area contributed by atoms with Gasteiger partial charge in [-0.2, -0.15) is 11.8 Å². The molecule has 1 fully saturated rings. The average Bonchev–Trinajstić information content (AvgIpc) is 2.52. The van der Waals surface area contributed by atoms with Gasteiger partial charge < -0.3 is 5.32 Å². The first-order chi connectivity index (χ1) is 10.0. The van der Waals surface area contributed by atoms with Crippen molar-refractivity contribution >= 4 is 11.8 Å². The molecule has 1 aliphatic heterocycles. The summed E-state index contributed by atoms with van der Waals surface area (Å²) in [5.74, 6) is 2.45. The Hall–Kier alpha value is -0.510. The van der Waals surface area contributed by atoms with E-state index < -0.39 is 0 Å². The predicted molar refractivity (Wildman–Crippen MR) is 95.1 cm³/mol. The van der Waals surface area contributed by atoms with Gasteiger partial charge in [-0.15, -0.1) is 0 Å². The second-order valence-electron chi connectivity index (χ2n) is 6.52. The zero-order valence-corrected chi connectivity index (χ0v) is 14.8. The molecule has 0 aromatic heterocycles. The molecule has 0 saturated carbocycles. The van der Waals surface area contributed by atoms with Gasteiger partial charge in [-0.05, 0) is 31.6 Å². The summed E-state index contributed by atoms with van der Waals surface area (Å²) in [6.07, 6.45) is 1.20. The summed E-state index contributed by atoms with van der Waals surface area (Å²) in [6.45, 7) is 12.6. The number of nitrogens with zero attached hydrogens (tertiary/aromatic N) is 1. The Morgan fingerprint density at radius 2 is 1.90 bits per heavy atom. The SMILES string of the molecule is CCSCCN1CC(C)(c2ccccc2)NCC1(C)CC. The largest absolute Gasteiger partial charge is 0.305 e. The van der Waals surface area contributed by atoms with E-state index in [1.165, 1.54) is 30.0 Å². The summed E-state index contributed by atoms with van der Waals surface area (Å²) in [5.41, 5.74) is 1.74. The van der Waals surface area contributed by atoms with Gasteiger partial charge in [0.2, 0.25) is 0 Å². The maximum Gasteiger partial charge on any atom is 0.0535 e. The minimum Gasteiger partial charge on any atom is -0.305 e. The third-order valence-corrected chi connectivity index (χ3v) is 5.89.